The molecule has 1 N–H and O–H groups in total. The van der Waals surface area contributed by atoms with E-state index in [-0.39, 0.29) is 0 Å². The van der Waals surface area contributed by atoms with Crippen LogP contribution in [0.15, 0.2) is 54.6 Å². The molecule has 0 saturated carbocycles. The van der Waals surface area contributed by atoms with Gasteiger partial charge in [0.05, 0.1) is 10.6 Å². The van der Waals surface area contributed by atoms with Crippen LogP contribution in [0.3, 0.4) is 0 Å². The van der Waals surface area contributed by atoms with Gasteiger partial charge in [0, 0.05) is 5.56 Å². The van der Waals surface area contributed by atoms with Crippen LogP contribution in [0, 0.1) is 6.92 Å². The highest BCUT2D eigenvalue weighted by molar-refractivity contribution is 7.81. The van der Waals surface area contributed by atoms with Gasteiger partial charge in [-0.05, 0) is 12.5 Å². The molecule has 0 fully saturated rings. The summed E-state index contributed by atoms with van der Waals surface area (Å²) in [5.41, 5.74) is 3.97. The predicted molar refractivity (Wildman–Crippen MR) is 97.1 cm³/mol. The maximum Gasteiger partial charge on any atom is 0.323 e. The monoisotopic (exact) mass is 341 g/mol. The number of aromatic nitrogens is 1. The molecule has 3 rings (SSSR count). The number of aryl methyl sites for hydroxylation is 1. The van der Waals surface area contributed by atoms with E-state index >= 15 is 0 Å². The summed E-state index contributed by atoms with van der Waals surface area (Å²) in [6.45, 7) is 2.03. The topological polar surface area (TPSA) is 50.2 Å². The van der Waals surface area contributed by atoms with E-state index in [0.717, 1.165) is 21.7 Å². The number of nitrogens with zero attached hydrogens (tertiary/aromatic N) is 1. The fourth-order valence-electron chi connectivity index (χ4n) is 2.25. The van der Waals surface area contributed by atoms with Crippen LogP contribution in [0.4, 0.5) is 0 Å². The third-order valence-electron chi connectivity index (χ3n) is 3.47. The van der Waals surface area contributed by atoms with Gasteiger partial charge in [-0.2, -0.15) is 12.6 Å². The Kier molecular flexibility index (Phi) is 4.50. The van der Waals surface area contributed by atoms with E-state index in [1.54, 1.807) is 0 Å². The predicted octanol–water partition coefficient (Wildman–Crippen LogP) is 4.84. The molecule has 0 saturated heterocycles. The smallest absolute Gasteiger partial charge is 0.323 e. The van der Waals surface area contributed by atoms with Crippen molar-refractivity contribution in [3.63, 3.8) is 0 Å². The van der Waals surface area contributed by atoms with Crippen LogP contribution in [-0.4, -0.2) is 16.1 Å². The van der Waals surface area contributed by atoms with E-state index in [1.165, 1.54) is 16.9 Å². The number of aliphatic carboxylic acids is 1. The van der Waals surface area contributed by atoms with Crippen LogP contribution in [0.1, 0.15) is 15.8 Å². The summed E-state index contributed by atoms with van der Waals surface area (Å²) < 4.78 is 0. The Morgan fingerprint density at radius 3 is 2.35 bits per heavy atom. The Bertz CT molecular complexity index is 826. The molecule has 1 unspecified atom stereocenters. The maximum absolute atomic E-state index is 11.2. The van der Waals surface area contributed by atoms with Crippen molar-refractivity contribution in [2.24, 2.45) is 0 Å². The highest BCUT2D eigenvalue weighted by atomic mass is 32.1. The van der Waals surface area contributed by atoms with Crippen LogP contribution in [-0.2, 0) is 4.79 Å². The fourth-order valence-corrected chi connectivity index (χ4v) is 3.54. The Hall–Kier alpha value is -2.11. The number of hydrogen-bond acceptors (Lipinski definition) is 4. The number of hydrogen-bond donors (Lipinski definition) is 2. The molecule has 1 heterocycles. The number of rotatable bonds is 4. The van der Waals surface area contributed by atoms with Crippen LogP contribution in [0.5, 0.6) is 0 Å². The summed E-state index contributed by atoms with van der Waals surface area (Å²) in [4.78, 5) is 16.8. The van der Waals surface area contributed by atoms with Crippen molar-refractivity contribution >= 4 is 29.9 Å². The van der Waals surface area contributed by atoms with Crippen LogP contribution in [0.2, 0.25) is 0 Å². The lowest BCUT2D eigenvalue weighted by Crippen LogP contribution is -2.04. The second kappa shape index (κ2) is 6.56. The summed E-state index contributed by atoms with van der Waals surface area (Å²) in [6, 6.07) is 18.0. The van der Waals surface area contributed by atoms with Gasteiger partial charge in [-0.3, -0.25) is 4.79 Å². The number of thiazole rings is 1. The standard InChI is InChI=1S/C18H15NO2S2/c1-11-7-9-12(10-8-11)14-16(13-5-3-2-4-6-13)23-17(19-14)15(22)18(20)21/h2-10,15,22H,1H3,(H,20,21). The molecule has 0 aliphatic carbocycles. The van der Waals surface area contributed by atoms with Gasteiger partial charge in [-0.25, -0.2) is 4.98 Å². The molecule has 0 radical (unpaired) electrons. The number of carbonyl (C=O) groups is 1. The molecule has 3 nitrogen and oxygen atoms in total. The quantitative estimate of drug-likeness (QED) is 0.668. The Morgan fingerprint density at radius 2 is 1.74 bits per heavy atom. The lowest BCUT2D eigenvalue weighted by atomic mass is 10.1. The molecule has 0 aliphatic rings. The van der Waals surface area contributed by atoms with Crippen molar-refractivity contribution in [3.8, 4) is 21.7 Å². The van der Waals surface area contributed by atoms with Gasteiger partial charge in [0.15, 0.2) is 5.25 Å². The Labute approximate surface area is 144 Å². The summed E-state index contributed by atoms with van der Waals surface area (Å²) in [5, 5.41) is 8.78. The van der Waals surface area contributed by atoms with Crippen molar-refractivity contribution in [3.05, 3.63) is 65.2 Å². The highest BCUT2D eigenvalue weighted by Crippen LogP contribution is 2.40. The van der Waals surface area contributed by atoms with Crippen LogP contribution in [0.25, 0.3) is 21.7 Å². The van der Waals surface area contributed by atoms with Crippen LogP contribution < -0.4 is 0 Å². The average Bonchev–Trinajstić information content (AvgIpc) is 3.00. The molecular formula is C18H15NO2S2. The third-order valence-corrected chi connectivity index (χ3v) is 5.28. The van der Waals surface area contributed by atoms with E-state index in [4.69, 9.17) is 0 Å². The van der Waals surface area contributed by atoms with E-state index < -0.39 is 11.2 Å². The van der Waals surface area contributed by atoms with Gasteiger partial charge in [0.2, 0.25) is 0 Å². The number of thiol groups is 1. The number of benzene rings is 2. The van der Waals surface area contributed by atoms with E-state index in [1.807, 2.05) is 61.5 Å². The maximum atomic E-state index is 11.2. The summed E-state index contributed by atoms with van der Waals surface area (Å²) in [6.07, 6.45) is 0. The molecule has 1 atom stereocenters. The van der Waals surface area contributed by atoms with Crippen molar-refractivity contribution in [2.75, 3.05) is 0 Å². The zero-order chi connectivity index (χ0) is 16.4. The molecule has 3 aromatic rings. The average molecular weight is 341 g/mol. The molecule has 5 heteroatoms. The first-order valence-electron chi connectivity index (χ1n) is 7.10. The Balaban J connectivity index is 2.16. The van der Waals surface area contributed by atoms with Crippen molar-refractivity contribution < 1.29 is 9.90 Å². The van der Waals surface area contributed by atoms with Gasteiger partial charge in [0.1, 0.15) is 5.01 Å². The molecule has 23 heavy (non-hydrogen) atoms. The minimum absolute atomic E-state index is 0.496. The van der Waals surface area contributed by atoms with E-state index in [0.29, 0.717) is 5.01 Å². The van der Waals surface area contributed by atoms with Crippen LogP contribution >= 0.6 is 24.0 Å². The molecule has 1 aromatic heterocycles. The molecule has 0 spiro atoms. The first kappa shape index (κ1) is 15.8. The second-order valence-electron chi connectivity index (χ2n) is 5.20. The SMILES string of the molecule is Cc1ccc(-c2nc(C(S)C(=O)O)sc2-c2ccccc2)cc1. The van der Waals surface area contributed by atoms with Gasteiger partial charge in [-0.15, -0.1) is 11.3 Å². The molecule has 0 aliphatic heterocycles. The third kappa shape index (κ3) is 3.30. The minimum Gasteiger partial charge on any atom is -0.480 e. The number of carboxylic acids is 1. The second-order valence-corrected chi connectivity index (χ2v) is 6.75. The zero-order valence-corrected chi connectivity index (χ0v) is 14.1. The lowest BCUT2D eigenvalue weighted by Gasteiger charge is -2.03. The zero-order valence-electron chi connectivity index (χ0n) is 12.4. The molecular weight excluding hydrogens is 326 g/mol. The fraction of sp³-hybridized carbons (Fsp3) is 0.111. The molecule has 116 valence electrons. The summed E-state index contributed by atoms with van der Waals surface area (Å²) >= 11 is 5.54. The van der Waals surface area contributed by atoms with E-state index in [2.05, 4.69) is 17.6 Å². The molecule has 2 aromatic carbocycles. The van der Waals surface area contributed by atoms with Crippen molar-refractivity contribution in [2.45, 2.75) is 12.2 Å². The van der Waals surface area contributed by atoms with Gasteiger partial charge < -0.3 is 5.11 Å². The first-order valence-corrected chi connectivity index (χ1v) is 8.43. The van der Waals surface area contributed by atoms with Gasteiger partial charge >= 0.3 is 5.97 Å². The largest absolute Gasteiger partial charge is 0.480 e. The summed E-state index contributed by atoms with van der Waals surface area (Å²) in [7, 11) is 0. The van der Waals surface area contributed by atoms with Crippen molar-refractivity contribution in [1.29, 1.82) is 0 Å². The van der Waals surface area contributed by atoms with Gasteiger partial charge in [0.25, 0.3) is 0 Å². The lowest BCUT2D eigenvalue weighted by molar-refractivity contribution is -0.136. The molecule has 0 amide bonds. The molecule has 0 bridgehead atoms. The first-order chi connectivity index (χ1) is 11.1. The van der Waals surface area contributed by atoms with Gasteiger partial charge in [-0.1, -0.05) is 60.2 Å². The Morgan fingerprint density at radius 1 is 1.09 bits per heavy atom. The normalized spacial score (nSPS) is 12.1. The summed E-state index contributed by atoms with van der Waals surface area (Å²) in [5.74, 6) is -0.989. The minimum atomic E-state index is -0.989. The number of carboxylic acid groups (broad SMARTS) is 1. The van der Waals surface area contributed by atoms with E-state index in [9.17, 15) is 9.90 Å². The van der Waals surface area contributed by atoms with Crippen molar-refractivity contribution in [1.82, 2.24) is 4.98 Å². The highest BCUT2D eigenvalue weighted by Gasteiger charge is 2.23.